The van der Waals surface area contributed by atoms with E-state index in [1.54, 1.807) is 7.11 Å². The van der Waals surface area contributed by atoms with Crippen LogP contribution in [0, 0.1) is 6.92 Å². The van der Waals surface area contributed by atoms with E-state index in [1.165, 1.54) is 5.56 Å². The molecule has 0 fully saturated rings. The number of nitrogens with one attached hydrogen (secondary N) is 1. The van der Waals surface area contributed by atoms with Crippen molar-refractivity contribution in [3.63, 3.8) is 0 Å². The quantitative estimate of drug-likeness (QED) is 0.711. The maximum atomic E-state index is 5.10. The van der Waals surface area contributed by atoms with Gasteiger partial charge in [0.05, 0.1) is 12.1 Å². The normalized spacial score (nSPS) is 11.0. The molecule has 0 saturated carbocycles. The van der Waals surface area contributed by atoms with Crippen LogP contribution in [-0.4, -0.2) is 34.8 Å². The van der Waals surface area contributed by atoms with Gasteiger partial charge in [0.2, 0.25) is 0 Å². The van der Waals surface area contributed by atoms with Gasteiger partial charge in [0, 0.05) is 26.4 Å². The summed E-state index contributed by atoms with van der Waals surface area (Å²) in [5, 5.41) is 3.34. The standard InChI is InChI=1S/C17H20N4O/c1-13-19-15-8-10-21(12-14-6-4-3-5-7-14)16(15)17(20-13)18-9-11-22-2/h3-8,10H,9,11-12H2,1-2H3,(H,18,19,20). The lowest BCUT2D eigenvalue weighted by Gasteiger charge is -2.11. The third kappa shape index (κ3) is 3.09. The van der Waals surface area contributed by atoms with E-state index in [4.69, 9.17) is 4.74 Å². The first-order valence-electron chi connectivity index (χ1n) is 7.38. The monoisotopic (exact) mass is 296 g/mol. The fourth-order valence-electron chi connectivity index (χ4n) is 2.53. The number of methoxy groups -OCH3 is 1. The summed E-state index contributed by atoms with van der Waals surface area (Å²) < 4.78 is 7.28. The molecule has 0 spiro atoms. The highest BCUT2D eigenvalue weighted by molar-refractivity contribution is 5.86. The maximum absolute atomic E-state index is 5.10. The number of benzene rings is 1. The highest BCUT2D eigenvalue weighted by Crippen LogP contribution is 2.22. The van der Waals surface area contributed by atoms with Crippen LogP contribution in [0.4, 0.5) is 5.82 Å². The molecule has 0 unspecified atom stereocenters. The van der Waals surface area contributed by atoms with Crippen LogP contribution >= 0.6 is 0 Å². The molecule has 3 rings (SSSR count). The summed E-state index contributed by atoms with van der Waals surface area (Å²) in [4.78, 5) is 9.07. The number of hydrogen-bond donors (Lipinski definition) is 1. The lowest BCUT2D eigenvalue weighted by Crippen LogP contribution is -2.11. The van der Waals surface area contributed by atoms with Crippen LogP contribution in [0.5, 0.6) is 0 Å². The van der Waals surface area contributed by atoms with Crippen molar-refractivity contribution in [3.05, 3.63) is 54.0 Å². The zero-order valence-electron chi connectivity index (χ0n) is 12.9. The van der Waals surface area contributed by atoms with Crippen molar-refractivity contribution in [2.45, 2.75) is 13.5 Å². The molecular formula is C17H20N4O. The van der Waals surface area contributed by atoms with E-state index < -0.39 is 0 Å². The summed E-state index contributed by atoms with van der Waals surface area (Å²) in [5.41, 5.74) is 3.25. The van der Waals surface area contributed by atoms with E-state index in [0.29, 0.717) is 6.61 Å². The Morgan fingerprint density at radius 3 is 2.73 bits per heavy atom. The van der Waals surface area contributed by atoms with E-state index in [2.05, 4.69) is 50.3 Å². The predicted molar refractivity (Wildman–Crippen MR) is 88.2 cm³/mol. The van der Waals surface area contributed by atoms with Crippen LogP contribution in [0.2, 0.25) is 0 Å². The number of ether oxygens (including phenoxy) is 1. The fraction of sp³-hybridized carbons (Fsp3) is 0.294. The lowest BCUT2D eigenvalue weighted by atomic mass is 10.2. The van der Waals surface area contributed by atoms with E-state index in [1.807, 2.05) is 19.1 Å². The van der Waals surface area contributed by atoms with Crippen molar-refractivity contribution in [1.29, 1.82) is 0 Å². The third-order valence-corrected chi connectivity index (χ3v) is 3.52. The summed E-state index contributed by atoms with van der Waals surface area (Å²) >= 11 is 0. The largest absolute Gasteiger partial charge is 0.383 e. The highest BCUT2D eigenvalue weighted by atomic mass is 16.5. The summed E-state index contributed by atoms with van der Waals surface area (Å²) in [6, 6.07) is 12.4. The second kappa shape index (κ2) is 6.58. The second-order valence-corrected chi connectivity index (χ2v) is 5.20. The molecule has 0 amide bonds. The summed E-state index contributed by atoms with van der Waals surface area (Å²) in [7, 11) is 1.70. The number of rotatable bonds is 6. The van der Waals surface area contributed by atoms with Crippen molar-refractivity contribution in [2.24, 2.45) is 0 Å². The molecule has 1 N–H and O–H groups in total. The first-order valence-corrected chi connectivity index (χ1v) is 7.38. The minimum Gasteiger partial charge on any atom is -0.383 e. The number of nitrogens with zero attached hydrogens (tertiary/aromatic N) is 3. The third-order valence-electron chi connectivity index (χ3n) is 3.52. The Labute approximate surface area is 130 Å². The number of fused-ring (bicyclic) bond motifs is 1. The molecule has 0 bridgehead atoms. The van der Waals surface area contributed by atoms with Crippen LogP contribution < -0.4 is 5.32 Å². The molecule has 2 heterocycles. The van der Waals surface area contributed by atoms with Crippen molar-refractivity contribution in [3.8, 4) is 0 Å². The zero-order chi connectivity index (χ0) is 15.4. The minimum absolute atomic E-state index is 0.643. The van der Waals surface area contributed by atoms with Gasteiger partial charge in [-0.25, -0.2) is 9.97 Å². The molecule has 0 atom stereocenters. The molecule has 22 heavy (non-hydrogen) atoms. The first-order chi connectivity index (χ1) is 10.8. The summed E-state index contributed by atoms with van der Waals surface area (Å²) in [5.74, 6) is 1.63. The highest BCUT2D eigenvalue weighted by Gasteiger charge is 2.11. The Kier molecular flexibility index (Phi) is 4.34. The summed E-state index contributed by atoms with van der Waals surface area (Å²) in [6.07, 6.45) is 2.06. The average Bonchev–Trinajstić information content (AvgIpc) is 2.91. The Hall–Kier alpha value is -2.40. The predicted octanol–water partition coefficient (Wildman–Crippen LogP) is 2.85. The van der Waals surface area contributed by atoms with Gasteiger partial charge in [-0.2, -0.15) is 0 Å². The van der Waals surface area contributed by atoms with Crippen LogP contribution in [0.15, 0.2) is 42.6 Å². The molecule has 0 aliphatic heterocycles. The van der Waals surface area contributed by atoms with E-state index in [0.717, 1.165) is 35.8 Å². The lowest BCUT2D eigenvalue weighted by molar-refractivity contribution is 0.210. The molecule has 1 aromatic carbocycles. The van der Waals surface area contributed by atoms with Crippen LogP contribution in [0.25, 0.3) is 11.0 Å². The van der Waals surface area contributed by atoms with Crippen LogP contribution in [-0.2, 0) is 11.3 Å². The molecule has 114 valence electrons. The van der Waals surface area contributed by atoms with Crippen molar-refractivity contribution in [1.82, 2.24) is 14.5 Å². The molecule has 0 aliphatic rings. The van der Waals surface area contributed by atoms with Crippen molar-refractivity contribution < 1.29 is 4.74 Å². The maximum Gasteiger partial charge on any atom is 0.154 e. The molecule has 0 aliphatic carbocycles. The van der Waals surface area contributed by atoms with Crippen molar-refractivity contribution >= 4 is 16.9 Å². The number of anilines is 1. The van der Waals surface area contributed by atoms with Gasteiger partial charge in [0.15, 0.2) is 5.82 Å². The smallest absolute Gasteiger partial charge is 0.154 e. The number of aryl methyl sites for hydroxylation is 1. The fourth-order valence-corrected chi connectivity index (χ4v) is 2.53. The second-order valence-electron chi connectivity index (χ2n) is 5.20. The molecule has 0 saturated heterocycles. The van der Waals surface area contributed by atoms with Gasteiger partial charge in [-0.05, 0) is 18.6 Å². The van der Waals surface area contributed by atoms with Crippen molar-refractivity contribution in [2.75, 3.05) is 25.6 Å². The Bertz CT molecular complexity index is 752. The Morgan fingerprint density at radius 1 is 1.14 bits per heavy atom. The van der Waals surface area contributed by atoms with Gasteiger partial charge in [0.25, 0.3) is 0 Å². The molecule has 0 radical (unpaired) electrons. The van der Waals surface area contributed by atoms with E-state index in [9.17, 15) is 0 Å². The van der Waals surface area contributed by atoms with Crippen LogP contribution in [0.3, 0.4) is 0 Å². The topological polar surface area (TPSA) is 52.0 Å². The average molecular weight is 296 g/mol. The van der Waals surface area contributed by atoms with Crippen LogP contribution in [0.1, 0.15) is 11.4 Å². The van der Waals surface area contributed by atoms with Gasteiger partial charge in [0.1, 0.15) is 11.3 Å². The molecule has 3 aromatic rings. The van der Waals surface area contributed by atoms with Gasteiger partial charge >= 0.3 is 0 Å². The SMILES string of the molecule is COCCNc1nc(C)nc2ccn(Cc3ccccc3)c12. The number of hydrogen-bond acceptors (Lipinski definition) is 4. The minimum atomic E-state index is 0.643. The number of aromatic nitrogens is 3. The molecular weight excluding hydrogens is 276 g/mol. The van der Waals surface area contributed by atoms with Gasteiger partial charge < -0.3 is 14.6 Å². The van der Waals surface area contributed by atoms with Gasteiger partial charge in [-0.1, -0.05) is 30.3 Å². The molecule has 5 nitrogen and oxygen atoms in total. The van der Waals surface area contributed by atoms with E-state index >= 15 is 0 Å². The van der Waals surface area contributed by atoms with Gasteiger partial charge in [-0.3, -0.25) is 0 Å². The summed E-state index contributed by atoms with van der Waals surface area (Å²) in [6.45, 7) is 4.08. The van der Waals surface area contributed by atoms with E-state index in [-0.39, 0.29) is 0 Å². The molecule has 2 aromatic heterocycles. The Morgan fingerprint density at radius 2 is 1.95 bits per heavy atom. The Balaban J connectivity index is 1.96. The molecule has 5 heteroatoms. The zero-order valence-corrected chi connectivity index (χ0v) is 12.9. The first kappa shape index (κ1) is 14.5. The van der Waals surface area contributed by atoms with Gasteiger partial charge in [-0.15, -0.1) is 0 Å².